The van der Waals surface area contributed by atoms with Crippen LogP contribution in [0.25, 0.3) is 0 Å². The number of aromatic nitrogens is 2. The molecule has 0 radical (unpaired) electrons. The van der Waals surface area contributed by atoms with E-state index in [4.69, 9.17) is 9.47 Å². The highest BCUT2D eigenvalue weighted by molar-refractivity contribution is 5.58. The molecule has 2 heterocycles. The predicted molar refractivity (Wildman–Crippen MR) is 149 cm³/mol. The normalized spacial score (nSPS) is 22.7. The summed E-state index contributed by atoms with van der Waals surface area (Å²) in [6.07, 6.45) is -3.37. The Labute approximate surface area is 231 Å². The number of alkyl halides is 1. The van der Waals surface area contributed by atoms with Crippen LogP contribution in [0.5, 0.6) is 5.75 Å². The Balaban J connectivity index is 1.61. The molecule has 8 nitrogen and oxygen atoms in total. The van der Waals surface area contributed by atoms with Gasteiger partial charge in [0, 0.05) is 6.20 Å². The summed E-state index contributed by atoms with van der Waals surface area (Å²) in [4.78, 5) is 17.5. The standard InChI is InChI=1S/C31H32FN3O5/c1-3-30(20-36)27(37)26(32)28(40-30)35-19-18-25(33-29(35)38)34-31(21-10-6-4-7-11-21,22-12-8-5-9-13-22)23-14-16-24(39-2)17-15-23/h4-19,26-28,36-37H,3,20H2,1-2H3,(H,33,34,38)/t26-,27+,28-,30-/m1/s1. The van der Waals surface area contributed by atoms with E-state index in [1.54, 1.807) is 20.1 Å². The Kier molecular flexibility index (Phi) is 7.71. The quantitative estimate of drug-likeness (QED) is 0.273. The van der Waals surface area contributed by atoms with Crippen LogP contribution in [0.4, 0.5) is 10.2 Å². The number of nitrogens with one attached hydrogen (secondary N) is 1. The van der Waals surface area contributed by atoms with E-state index in [1.165, 1.54) is 6.20 Å². The van der Waals surface area contributed by atoms with Crippen molar-refractivity contribution in [2.75, 3.05) is 19.0 Å². The molecule has 0 amide bonds. The fourth-order valence-electron chi connectivity index (χ4n) is 5.37. The SMILES string of the molecule is CC[C@]1(CO)O[C@@H](n2ccc(NC(c3ccccc3)(c3ccccc3)c3ccc(OC)cc3)nc2=O)[C@H](F)[C@@H]1O. The van der Waals surface area contributed by atoms with E-state index >= 15 is 4.39 Å². The molecule has 4 aromatic rings. The summed E-state index contributed by atoms with van der Waals surface area (Å²) < 4.78 is 27.2. The van der Waals surface area contributed by atoms with Crippen molar-refractivity contribution in [3.05, 3.63) is 124 Å². The molecule has 3 aromatic carbocycles. The number of aliphatic hydroxyl groups is 2. The van der Waals surface area contributed by atoms with E-state index in [1.807, 2.05) is 84.9 Å². The molecule has 1 aliphatic heterocycles. The van der Waals surface area contributed by atoms with Crippen molar-refractivity contribution >= 4 is 5.82 Å². The van der Waals surface area contributed by atoms with Gasteiger partial charge in [-0.05, 0) is 41.3 Å². The minimum atomic E-state index is -1.92. The molecule has 0 aliphatic carbocycles. The van der Waals surface area contributed by atoms with Crippen LogP contribution in [0, 0.1) is 0 Å². The second kappa shape index (κ2) is 11.2. The van der Waals surface area contributed by atoms with Crippen LogP contribution in [0.3, 0.4) is 0 Å². The molecule has 1 aromatic heterocycles. The first-order valence-electron chi connectivity index (χ1n) is 13.1. The third-order valence-electron chi connectivity index (χ3n) is 7.69. The summed E-state index contributed by atoms with van der Waals surface area (Å²) in [6, 6.07) is 28.8. The van der Waals surface area contributed by atoms with Gasteiger partial charge in [-0.25, -0.2) is 9.18 Å². The van der Waals surface area contributed by atoms with E-state index in [-0.39, 0.29) is 12.2 Å². The van der Waals surface area contributed by atoms with E-state index in [0.717, 1.165) is 21.3 Å². The number of nitrogens with zero attached hydrogens (tertiary/aromatic N) is 2. The highest BCUT2D eigenvalue weighted by Gasteiger charge is 2.55. The highest BCUT2D eigenvalue weighted by atomic mass is 19.1. The van der Waals surface area contributed by atoms with Crippen LogP contribution in [-0.4, -0.2) is 51.4 Å². The van der Waals surface area contributed by atoms with Gasteiger partial charge in [0.15, 0.2) is 12.4 Å². The molecular formula is C31H32FN3O5. The number of methoxy groups -OCH3 is 1. The lowest BCUT2D eigenvalue weighted by molar-refractivity contribution is -0.130. The summed E-state index contributed by atoms with van der Waals surface area (Å²) in [5, 5.41) is 23.7. The maximum absolute atomic E-state index is 15.1. The third kappa shape index (κ3) is 4.66. The molecular weight excluding hydrogens is 513 g/mol. The van der Waals surface area contributed by atoms with Crippen molar-refractivity contribution in [3.63, 3.8) is 0 Å². The average molecular weight is 546 g/mol. The van der Waals surface area contributed by atoms with Gasteiger partial charge in [-0.1, -0.05) is 79.7 Å². The van der Waals surface area contributed by atoms with Gasteiger partial charge in [-0.2, -0.15) is 4.98 Å². The lowest BCUT2D eigenvalue weighted by Gasteiger charge is -2.37. The highest BCUT2D eigenvalue weighted by Crippen LogP contribution is 2.42. The lowest BCUT2D eigenvalue weighted by Crippen LogP contribution is -2.44. The van der Waals surface area contributed by atoms with E-state index in [9.17, 15) is 15.0 Å². The fourth-order valence-corrected chi connectivity index (χ4v) is 5.37. The van der Waals surface area contributed by atoms with Gasteiger partial charge in [0.25, 0.3) is 0 Å². The van der Waals surface area contributed by atoms with Crippen molar-refractivity contribution in [2.45, 2.75) is 43.0 Å². The largest absolute Gasteiger partial charge is 0.497 e. The molecule has 5 rings (SSSR count). The number of benzene rings is 3. The second-order valence-electron chi connectivity index (χ2n) is 9.81. The molecule has 208 valence electrons. The number of halogens is 1. The van der Waals surface area contributed by atoms with Crippen LogP contribution in [-0.2, 0) is 10.3 Å². The van der Waals surface area contributed by atoms with Gasteiger partial charge < -0.3 is 25.0 Å². The summed E-state index contributed by atoms with van der Waals surface area (Å²) in [6.45, 7) is 1.09. The van der Waals surface area contributed by atoms with Gasteiger partial charge in [0.05, 0.1) is 13.7 Å². The molecule has 1 fully saturated rings. The Morgan fingerprint density at radius 3 is 2.05 bits per heavy atom. The monoisotopic (exact) mass is 545 g/mol. The van der Waals surface area contributed by atoms with Crippen LogP contribution < -0.4 is 15.7 Å². The van der Waals surface area contributed by atoms with Gasteiger partial charge in [-0.3, -0.25) is 4.57 Å². The fraction of sp³-hybridized carbons (Fsp3) is 0.290. The zero-order valence-corrected chi connectivity index (χ0v) is 22.3. The number of hydrogen-bond donors (Lipinski definition) is 3. The van der Waals surface area contributed by atoms with Crippen molar-refractivity contribution in [2.24, 2.45) is 0 Å². The number of hydrogen-bond acceptors (Lipinski definition) is 7. The predicted octanol–water partition coefficient (Wildman–Crippen LogP) is 4.02. The molecule has 9 heteroatoms. The summed E-state index contributed by atoms with van der Waals surface area (Å²) in [5.41, 5.74) is -0.543. The molecule has 4 atom stereocenters. The summed E-state index contributed by atoms with van der Waals surface area (Å²) >= 11 is 0. The van der Waals surface area contributed by atoms with Crippen molar-refractivity contribution in [1.29, 1.82) is 0 Å². The first-order valence-corrected chi connectivity index (χ1v) is 13.1. The Bertz CT molecular complexity index is 1440. The van der Waals surface area contributed by atoms with Crippen molar-refractivity contribution in [1.82, 2.24) is 9.55 Å². The van der Waals surface area contributed by atoms with Crippen LogP contribution in [0.1, 0.15) is 36.3 Å². The lowest BCUT2D eigenvalue weighted by atomic mass is 9.77. The van der Waals surface area contributed by atoms with Crippen LogP contribution in [0.15, 0.2) is 102 Å². The Morgan fingerprint density at radius 2 is 1.57 bits per heavy atom. The number of ether oxygens (including phenoxy) is 2. The Morgan fingerprint density at radius 1 is 1.00 bits per heavy atom. The van der Waals surface area contributed by atoms with E-state index in [0.29, 0.717) is 5.75 Å². The molecule has 40 heavy (non-hydrogen) atoms. The molecule has 0 bridgehead atoms. The molecule has 3 N–H and O–H groups in total. The van der Waals surface area contributed by atoms with Crippen molar-refractivity contribution < 1.29 is 24.1 Å². The molecule has 0 saturated carbocycles. The van der Waals surface area contributed by atoms with Gasteiger partial charge in [-0.15, -0.1) is 0 Å². The first-order chi connectivity index (χ1) is 19.4. The zero-order chi connectivity index (χ0) is 28.3. The van der Waals surface area contributed by atoms with Crippen molar-refractivity contribution in [3.8, 4) is 5.75 Å². The summed E-state index contributed by atoms with van der Waals surface area (Å²) in [5.74, 6) is 0.952. The van der Waals surface area contributed by atoms with Gasteiger partial charge in [0.1, 0.15) is 28.8 Å². The van der Waals surface area contributed by atoms with E-state index < -0.39 is 41.9 Å². The average Bonchev–Trinajstić information content (AvgIpc) is 3.26. The Hall–Kier alpha value is -4.05. The molecule has 1 saturated heterocycles. The molecule has 0 spiro atoms. The van der Waals surface area contributed by atoms with Crippen LogP contribution in [0.2, 0.25) is 0 Å². The molecule has 1 aliphatic rings. The maximum atomic E-state index is 15.1. The smallest absolute Gasteiger partial charge is 0.351 e. The van der Waals surface area contributed by atoms with E-state index in [2.05, 4.69) is 10.3 Å². The zero-order valence-electron chi connectivity index (χ0n) is 22.3. The minimum absolute atomic E-state index is 0.169. The second-order valence-corrected chi connectivity index (χ2v) is 9.81. The topological polar surface area (TPSA) is 106 Å². The third-order valence-corrected chi connectivity index (χ3v) is 7.69. The first kappa shape index (κ1) is 27.5. The van der Waals surface area contributed by atoms with Gasteiger partial charge in [0.2, 0.25) is 0 Å². The summed E-state index contributed by atoms with van der Waals surface area (Å²) in [7, 11) is 1.61. The minimum Gasteiger partial charge on any atom is -0.497 e. The van der Waals surface area contributed by atoms with Gasteiger partial charge >= 0.3 is 5.69 Å². The number of aliphatic hydroxyl groups excluding tert-OH is 2. The number of anilines is 1. The maximum Gasteiger partial charge on any atom is 0.351 e. The number of rotatable bonds is 9. The molecule has 0 unspecified atom stereocenters. The van der Waals surface area contributed by atoms with Crippen LogP contribution >= 0.6 is 0 Å².